The van der Waals surface area contributed by atoms with Gasteiger partial charge in [0.25, 0.3) is 0 Å². The third-order valence-corrected chi connectivity index (χ3v) is 11.3. The highest BCUT2D eigenvalue weighted by Gasteiger charge is 2.23. The van der Waals surface area contributed by atoms with Crippen LogP contribution < -0.4 is 0 Å². The van der Waals surface area contributed by atoms with Crippen LogP contribution in [0.5, 0.6) is 0 Å². The van der Waals surface area contributed by atoms with Gasteiger partial charge in [-0.05, 0) is 128 Å². The number of aryl methyl sites for hydroxylation is 1. The van der Waals surface area contributed by atoms with E-state index in [9.17, 15) is 0 Å². The molecule has 52 heavy (non-hydrogen) atoms. The summed E-state index contributed by atoms with van der Waals surface area (Å²) in [5.74, 6) is 1.48. The molecule has 0 amide bonds. The molecule has 0 N–H and O–H groups in total. The van der Waals surface area contributed by atoms with Crippen LogP contribution >= 0.6 is 0 Å². The fourth-order valence-electron chi connectivity index (χ4n) is 8.71. The Kier molecular flexibility index (Phi) is 7.49. The molecule has 0 saturated heterocycles. The molecule has 1 atom stereocenters. The number of nitrogens with zero attached hydrogens (tertiary/aromatic N) is 2. The van der Waals surface area contributed by atoms with Crippen molar-refractivity contribution in [2.75, 3.05) is 0 Å². The fourth-order valence-corrected chi connectivity index (χ4v) is 8.71. The van der Waals surface area contributed by atoms with Gasteiger partial charge in [-0.15, -0.1) is 0 Å². The molecule has 2 heteroatoms. The van der Waals surface area contributed by atoms with Crippen LogP contribution in [0.2, 0.25) is 0 Å². The maximum Gasteiger partial charge on any atom is 0.145 e. The summed E-state index contributed by atoms with van der Waals surface area (Å²) in [6, 6.07) is 43.1. The molecule has 3 aliphatic carbocycles. The fraction of sp³-hybridized carbons (Fsp3) is 0.140. The van der Waals surface area contributed by atoms with Crippen LogP contribution in [0.4, 0.5) is 0 Å². The first kappa shape index (κ1) is 30.8. The minimum atomic E-state index is 0.478. The molecule has 0 fully saturated rings. The van der Waals surface area contributed by atoms with E-state index in [1.54, 1.807) is 0 Å². The molecule has 1 aromatic heterocycles. The largest absolute Gasteiger partial charge is 0.296 e. The lowest BCUT2D eigenvalue weighted by molar-refractivity contribution is 0.688. The first-order valence-corrected chi connectivity index (χ1v) is 18.8. The lowest BCUT2D eigenvalue weighted by Gasteiger charge is -2.21. The van der Waals surface area contributed by atoms with Gasteiger partial charge in [-0.2, -0.15) is 0 Å². The highest BCUT2D eigenvalue weighted by Crippen LogP contribution is 2.45. The SMILES string of the molecule is CC1C=Cc2nc(-c3ccccc3)n(-c3ccc(-c4ccc5c(-c6ccc7c(c6)CCC=C7)c6ccccc6c(C6=CC=CCC6)c5c4)cc3)c2C1. The second kappa shape index (κ2) is 12.7. The van der Waals surface area contributed by atoms with Gasteiger partial charge in [-0.3, -0.25) is 4.57 Å². The van der Waals surface area contributed by atoms with Crippen molar-refractivity contribution in [2.45, 2.75) is 39.0 Å². The van der Waals surface area contributed by atoms with Crippen molar-refractivity contribution in [3.63, 3.8) is 0 Å². The molecule has 7 aromatic rings. The Balaban J connectivity index is 1.15. The van der Waals surface area contributed by atoms with E-state index in [1.165, 1.54) is 71.8 Å². The summed E-state index contributed by atoms with van der Waals surface area (Å²) in [7, 11) is 0. The molecule has 0 spiro atoms. The van der Waals surface area contributed by atoms with Crippen LogP contribution in [0.1, 0.15) is 54.3 Å². The summed E-state index contributed by atoms with van der Waals surface area (Å²) in [6.07, 6.45) is 21.2. The summed E-state index contributed by atoms with van der Waals surface area (Å²) in [6.45, 7) is 2.28. The highest BCUT2D eigenvalue weighted by atomic mass is 15.1. The van der Waals surface area contributed by atoms with Crippen LogP contribution in [0, 0.1) is 5.92 Å². The van der Waals surface area contributed by atoms with Gasteiger partial charge in [-0.1, -0.05) is 140 Å². The van der Waals surface area contributed by atoms with Gasteiger partial charge in [-0.25, -0.2) is 4.98 Å². The minimum absolute atomic E-state index is 0.478. The number of hydrogen-bond acceptors (Lipinski definition) is 1. The molecular weight excluding hydrogens is 629 g/mol. The Morgan fingerprint density at radius 2 is 1.37 bits per heavy atom. The van der Waals surface area contributed by atoms with Crippen molar-refractivity contribution in [1.82, 2.24) is 9.55 Å². The smallest absolute Gasteiger partial charge is 0.145 e. The average molecular weight is 669 g/mol. The predicted molar refractivity (Wildman–Crippen MR) is 220 cm³/mol. The molecule has 10 rings (SSSR count). The molecule has 250 valence electrons. The average Bonchev–Trinajstić information content (AvgIpc) is 3.59. The zero-order valence-electron chi connectivity index (χ0n) is 29.5. The minimum Gasteiger partial charge on any atom is -0.296 e. The summed E-state index contributed by atoms with van der Waals surface area (Å²) in [5.41, 5.74) is 15.3. The van der Waals surface area contributed by atoms with E-state index < -0.39 is 0 Å². The van der Waals surface area contributed by atoms with Crippen molar-refractivity contribution in [3.05, 3.63) is 174 Å². The molecule has 1 unspecified atom stereocenters. The maximum absolute atomic E-state index is 5.15. The summed E-state index contributed by atoms with van der Waals surface area (Å²) in [4.78, 5) is 5.15. The number of fused-ring (bicyclic) bond motifs is 4. The van der Waals surface area contributed by atoms with Crippen molar-refractivity contribution >= 4 is 39.3 Å². The van der Waals surface area contributed by atoms with Gasteiger partial charge in [0.05, 0.1) is 11.4 Å². The third kappa shape index (κ3) is 5.21. The normalized spacial score (nSPS) is 16.2. The van der Waals surface area contributed by atoms with Gasteiger partial charge in [0, 0.05) is 11.3 Å². The Bertz CT molecular complexity index is 2640. The second-order valence-electron chi connectivity index (χ2n) is 14.6. The number of hydrogen-bond donors (Lipinski definition) is 0. The first-order chi connectivity index (χ1) is 25.7. The molecule has 0 saturated carbocycles. The maximum atomic E-state index is 5.15. The number of allylic oxidation sites excluding steroid dienone is 6. The van der Waals surface area contributed by atoms with E-state index in [0.717, 1.165) is 54.9 Å². The molecule has 0 aliphatic heterocycles. The van der Waals surface area contributed by atoms with Crippen LogP contribution in [-0.4, -0.2) is 9.55 Å². The van der Waals surface area contributed by atoms with Gasteiger partial charge >= 0.3 is 0 Å². The summed E-state index contributed by atoms with van der Waals surface area (Å²) < 4.78 is 2.38. The summed E-state index contributed by atoms with van der Waals surface area (Å²) in [5, 5.41) is 5.30. The second-order valence-corrected chi connectivity index (χ2v) is 14.6. The van der Waals surface area contributed by atoms with E-state index in [2.05, 4.69) is 169 Å². The molecule has 2 nitrogen and oxygen atoms in total. The van der Waals surface area contributed by atoms with Crippen LogP contribution in [0.25, 0.3) is 78.6 Å². The molecule has 0 radical (unpaired) electrons. The number of rotatable bonds is 5. The molecular formula is C50H40N2. The highest BCUT2D eigenvalue weighted by molar-refractivity contribution is 6.19. The Morgan fingerprint density at radius 3 is 2.19 bits per heavy atom. The van der Waals surface area contributed by atoms with Crippen LogP contribution in [-0.2, 0) is 12.8 Å². The van der Waals surface area contributed by atoms with Crippen LogP contribution in [0.3, 0.4) is 0 Å². The molecule has 0 bridgehead atoms. The number of imidazole rings is 1. The van der Waals surface area contributed by atoms with Crippen molar-refractivity contribution in [3.8, 4) is 39.3 Å². The van der Waals surface area contributed by atoms with Gasteiger partial charge in [0.2, 0.25) is 0 Å². The van der Waals surface area contributed by atoms with Crippen LogP contribution in [0.15, 0.2) is 146 Å². The van der Waals surface area contributed by atoms with Crippen molar-refractivity contribution in [2.24, 2.45) is 5.92 Å². The predicted octanol–water partition coefficient (Wildman–Crippen LogP) is 13.1. The molecule has 6 aromatic carbocycles. The van der Waals surface area contributed by atoms with Gasteiger partial charge in [0.1, 0.15) is 5.82 Å². The topological polar surface area (TPSA) is 17.8 Å². The quantitative estimate of drug-likeness (QED) is 0.167. The first-order valence-electron chi connectivity index (χ1n) is 18.8. The van der Waals surface area contributed by atoms with E-state index in [-0.39, 0.29) is 0 Å². The lowest BCUT2D eigenvalue weighted by Crippen LogP contribution is -2.09. The van der Waals surface area contributed by atoms with E-state index in [4.69, 9.17) is 4.98 Å². The molecule has 1 heterocycles. The Labute approximate surface area is 305 Å². The van der Waals surface area contributed by atoms with Gasteiger partial charge < -0.3 is 0 Å². The van der Waals surface area contributed by atoms with E-state index in [1.807, 2.05) is 0 Å². The zero-order chi connectivity index (χ0) is 34.6. The lowest BCUT2D eigenvalue weighted by atomic mass is 9.82. The van der Waals surface area contributed by atoms with E-state index in [0.29, 0.717) is 5.92 Å². The standard InChI is InChI=1S/C50H40N2/c1-33-20-29-46-47(30-33)52(50(51-46)37-15-6-3-7-16-37)41-26-23-35(24-27-41)39-25-28-44-45(32-39)48(36-13-4-2-5-14-36)42-18-10-11-19-43(42)49(44)40-22-21-34-12-8-9-17-38(34)31-40/h2-4,6-8,10-13,15-16,18-29,31-33H,5,9,14,17,30H2,1H3. The zero-order valence-corrected chi connectivity index (χ0v) is 29.5. The molecule has 3 aliphatic rings. The monoisotopic (exact) mass is 668 g/mol. The summed E-state index contributed by atoms with van der Waals surface area (Å²) >= 11 is 0. The van der Waals surface area contributed by atoms with Crippen molar-refractivity contribution < 1.29 is 0 Å². The Morgan fingerprint density at radius 1 is 0.615 bits per heavy atom. The number of aromatic nitrogens is 2. The van der Waals surface area contributed by atoms with E-state index >= 15 is 0 Å². The number of benzene rings is 6. The van der Waals surface area contributed by atoms with Crippen molar-refractivity contribution in [1.29, 1.82) is 0 Å². The third-order valence-electron chi connectivity index (χ3n) is 11.3. The Hall–Kier alpha value is -5.99. The van der Waals surface area contributed by atoms with Gasteiger partial charge in [0.15, 0.2) is 0 Å².